The van der Waals surface area contributed by atoms with Gasteiger partial charge in [-0.05, 0) is 36.0 Å². The van der Waals surface area contributed by atoms with E-state index in [1.165, 1.54) is 6.42 Å². The molecule has 4 heteroatoms. The molecule has 18 heavy (non-hydrogen) atoms. The first-order chi connectivity index (χ1) is 8.54. The minimum Gasteiger partial charge on any atom is -0.397 e. The summed E-state index contributed by atoms with van der Waals surface area (Å²) in [6.07, 6.45) is 1.76. The number of carbonyl (C=O) groups excluding carboxylic acids is 1. The number of nitrogens with one attached hydrogen (secondary N) is 1. The molecule has 1 aliphatic carbocycles. The quantitative estimate of drug-likeness (QED) is 0.799. The van der Waals surface area contributed by atoms with Crippen LogP contribution in [0.1, 0.15) is 18.9 Å². The first-order valence-electron chi connectivity index (χ1n) is 6.48. The van der Waals surface area contributed by atoms with E-state index in [1.807, 2.05) is 12.1 Å². The van der Waals surface area contributed by atoms with E-state index in [4.69, 9.17) is 5.73 Å². The fraction of sp³-hybridized carbons (Fsp3) is 0.500. The van der Waals surface area contributed by atoms with E-state index in [0.717, 1.165) is 41.0 Å². The Balaban J connectivity index is 1.83. The van der Waals surface area contributed by atoms with Gasteiger partial charge in [0, 0.05) is 19.3 Å². The third-order valence-corrected chi connectivity index (χ3v) is 4.07. The van der Waals surface area contributed by atoms with Gasteiger partial charge in [0.2, 0.25) is 5.91 Å². The van der Waals surface area contributed by atoms with E-state index in [2.05, 4.69) is 24.2 Å². The summed E-state index contributed by atoms with van der Waals surface area (Å²) in [5.41, 5.74) is 9.80. The molecule has 96 valence electrons. The van der Waals surface area contributed by atoms with Crippen molar-refractivity contribution in [2.75, 3.05) is 29.5 Å². The average Bonchev–Trinajstić information content (AvgIpc) is 2.85. The van der Waals surface area contributed by atoms with Crippen molar-refractivity contribution >= 4 is 23.0 Å². The van der Waals surface area contributed by atoms with Gasteiger partial charge in [-0.1, -0.05) is 6.92 Å². The number of carbonyl (C=O) groups is 1. The molecular formula is C14H19N3O. The van der Waals surface area contributed by atoms with Gasteiger partial charge < -0.3 is 16.0 Å². The Hall–Kier alpha value is -1.71. The Morgan fingerprint density at radius 2 is 2.22 bits per heavy atom. The van der Waals surface area contributed by atoms with Crippen LogP contribution in [0.2, 0.25) is 0 Å². The number of benzene rings is 1. The van der Waals surface area contributed by atoms with Crippen LogP contribution in [0.25, 0.3) is 0 Å². The molecule has 1 fully saturated rings. The van der Waals surface area contributed by atoms with Gasteiger partial charge in [-0.3, -0.25) is 4.79 Å². The van der Waals surface area contributed by atoms with Crippen LogP contribution in [-0.4, -0.2) is 19.5 Å². The molecule has 1 heterocycles. The molecule has 1 aliphatic heterocycles. The van der Waals surface area contributed by atoms with Crippen molar-refractivity contribution in [1.82, 2.24) is 0 Å². The largest absolute Gasteiger partial charge is 0.397 e. The summed E-state index contributed by atoms with van der Waals surface area (Å²) in [6, 6.07) is 3.93. The van der Waals surface area contributed by atoms with Gasteiger partial charge in [0.1, 0.15) is 0 Å². The van der Waals surface area contributed by atoms with E-state index in [0.29, 0.717) is 6.42 Å². The van der Waals surface area contributed by atoms with Crippen molar-refractivity contribution in [2.45, 2.75) is 19.8 Å². The van der Waals surface area contributed by atoms with Crippen LogP contribution in [0.3, 0.4) is 0 Å². The number of fused-ring (bicyclic) bond motifs is 1. The minimum absolute atomic E-state index is 0.0556. The van der Waals surface area contributed by atoms with Crippen LogP contribution in [0.5, 0.6) is 0 Å². The topological polar surface area (TPSA) is 58.4 Å². The number of nitrogens with zero attached hydrogens (tertiary/aromatic N) is 1. The second-order valence-corrected chi connectivity index (χ2v) is 5.65. The summed E-state index contributed by atoms with van der Waals surface area (Å²) in [7, 11) is 2.07. The normalized spacial score (nSPS) is 24.7. The lowest BCUT2D eigenvalue weighted by atomic mass is 10.1. The highest BCUT2D eigenvalue weighted by Gasteiger charge is 2.33. The summed E-state index contributed by atoms with van der Waals surface area (Å²) in [5.74, 6) is 1.68. The summed E-state index contributed by atoms with van der Waals surface area (Å²) in [6.45, 7) is 3.32. The smallest absolute Gasteiger partial charge is 0.228 e. The molecule has 0 radical (unpaired) electrons. The molecule has 1 aromatic rings. The molecular weight excluding hydrogens is 226 g/mol. The molecule has 2 aliphatic rings. The molecule has 0 saturated heterocycles. The van der Waals surface area contributed by atoms with Crippen LogP contribution in [0.15, 0.2) is 12.1 Å². The van der Waals surface area contributed by atoms with Gasteiger partial charge in [-0.25, -0.2) is 0 Å². The number of anilines is 3. The van der Waals surface area contributed by atoms with Crippen LogP contribution in [-0.2, 0) is 11.2 Å². The van der Waals surface area contributed by atoms with Crippen LogP contribution < -0.4 is 16.0 Å². The maximum Gasteiger partial charge on any atom is 0.228 e. The molecule has 0 bridgehead atoms. The third kappa shape index (κ3) is 1.92. The first-order valence-corrected chi connectivity index (χ1v) is 6.48. The number of hydrogen-bond donors (Lipinski definition) is 2. The van der Waals surface area contributed by atoms with E-state index in [-0.39, 0.29) is 5.91 Å². The predicted molar refractivity (Wildman–Crippen MR) is 73.7 cm³/mol. The number of nitrogen functional groups attached to an aromatic ring is 1. The van der Waals surface area contributed by atoms with Gasteiger partial charge in [0.15, 0.2) is 0 Å². The van der Waals surface area contributed by atoms with Crippen molar-refractivity contribution in [3.8, 4) is 0 Å². The molecule has 3 rings (SSSR count). The molecule has 4 nitrogen and oxygen atoms in total. The van der Waals surface area contributed by atoms with Gasteiger partial charge in [0.05, 0.1) is 17.8 Å². The lowest BCUT2D eigenvalue weighted by molar-refractivity contribution is -0.115. The highest BCUT2D eigenvalue weighted by molar-refractivity contribution is 6.00. The Bertz CT molecular complexity index is 512. The van der Waals surface area contributed by atoms with Crippen molar-refractivity contribution in [1.29, 1.82) is 0 Å². The number of rotatable bonds is 3. The standard InChI is InChI=1S/C14H19N3O/c1-8-3-10(8)7-17(2)13-6-12-9(4-11(13)15)5-14(18)16-12/h4,6,8,10H,3,5,7,15H2,1-2H3,(H,16,18). The predicted octanol–water partition coefficient (Wildman–Crippen LogP) is 1.86. The molecule has 2 unspecified atom stereocenters. The average molecular weight is 245 g/mol. The van der Waals surface area contributed by atoms with Gasteiger partial charge in [-0.2, -0.15) is 0 Å². The van der Waals surface area contributed by atoms with Crippen molar-refractivity contribution in [3.05, 3.63) is 17.7 Å². The van der Waals surface area contributed by atoms with Gasteiger partial charge in [-0.15, -0.1) is 0 Å². The highest BCUT2D eigenvalue weighted by Crippen LogP contribution is 2.40. The number of amides is 1. The van der Waals surface area contributed by atoms with Crippen molar-refractivity contribution in [2.24, 2.45) is 11.8 Å². The van der Waals surface area contributed by atoms with Gasteiger partial charge in [0.25, 0.3) is 0 Å². The Labute approximate surface area is 107 Å². The van der Waals surface area contributed by atoms with Crippen molar-refractivity contribution in [3.63, 3.8) is 0 Å². The van der Waals surface area contributed by atoms with Crippen LogP contribution >= 0.6 is 0 Å². The first kappa shape index (κ1) is 11.4. The molecule has 0 spiro atoms. The second-order valence-electron chi connectivity index (χ2n) is 5.65. The van der Waals surface area contributed by atoms with E-state index in [9.17, 15) is 4.79 Å². The monoisotopic (exact) mass is 245 g/mol. The summed E-state index contributed by atoms with van der Waals surface area (Å²) in [5, 5.41) is 2.88. The highest BCUT2D eigenvalue weighted by atomic mass is 16.1. The van der Waals surface area contributed by atoms with Crippen molar-refractivity contribution < 1.29 is 4.79 Å². The molecule has 2 atom stereocenters. The fourth-order valence-corrected chi connectivity index (χ4v) is 2.72. The molecule has 1 amide bonds. The molecule has 1 saturated carbocycles. The van der Waals surface area contributed by atoms with Crippen LogP contribution in [0.4, 0.5) is 17.1 Å². The minimum atomic E-state index is 0.0556. The Morgan fingerprint density at radius 3 is 2.89 bits per heavy atom. The SMILES string of the molecule is CC1CC1CN(C)c1cc2c(cc1N)CC(=O)N2. The Kier molecular flexibility index (Phi) is 2.47. The summed E-state index contributed by atoms with van der Waals surface area (Å²) >= 11 is 0. The molecule has 3 N–H and O–H groups in total. The summed E-state index contributed by atoms with van der Waals surface area (Å²) in [4.78, 5) is 13.6. The number of nitrogens with two attached hydrogens (primary N) is 1. The maximum atomic E-state index is 11.4. The summed E-state index contributed by atoms with van der Waals surface area (Å²) < 4.78 is 0. The van der Waals surface area contributed by atoms with E-state index in [1.54, 1.807) is 0 Å². The lowest BCUT2D eigenvalue weighted by Crippen LogP contribution is -2.21. The van der Waals surface area contributed by atoms with E-state index < -0.39 is 0 Å². The number of hydrogen-bond acceptors (Lipinski definition) is 3. The maximum absolute atomic E-state index is 11.4. The van der Waals surface area contributed by atoms with Gasteiger partial charge >= 0.3 is 0 Å². The van der Waals surface area contributed by atoms with E-state index >= 15 is 0 Å². The molecule has 1 aromatic carbocycles. The second kappa shape index (κ2) is 3.90. The van der Waals surface area contributed by atoms with Crippen LogP contribution in [0, 0.1) is 11.8 Å². The zero-order valence-corrected chi connectivity index (χ0v) is 10.9. The Morgan fingerprint density at radius 1 is 1.50 bits per heavy atom. The fourth-order valence-electron chi connectivity index (χ4n) is 2.72. The third-order valence-electron chi connectivity index (χ3n) is 4.07. The lowest BCUT2D eigenvalue weighted by Gasteiger charge is -2.22. The zero-order chi connectivity index (χ0) is 12.9. The zero-order valence-electron chi connectivity index (χ0n) is 10.9. The molecule has 0 aromatic heterocycles.